The Balaban J connectivity index is 1.18. The number of nitrogens with one attached hydrogen (secondary N) is 19. The number of rotatable bonds is 25. The van der Waals surface area contributed by atoms with E-state index in [-0.39, 0.29) is 94.4 Å². The molecule has 0 radical (unpaired) electrons. The van der Waals surface area contributed by atoms with Gasteiger partial charge in [-0.25, -0.2) is 15.0 Å². The molecule has 1 aliphatic rings. The SMILES string of the molecule is CCC1NC(=O)C(Cc2ccccc2)NC(=O)CSCC(C(=O)NCC(N)=O)NC(=O)C(Cc2cncn2C)NC(=O)C(CCCNC(=N)N)NC(=O)C(Cc2c[nH]cn2)NC(=O)C(Cc2ccc(O)cc2)NC(=O)C(CCCNC(=N)N)NC(=O)C(CO)NC(=O)CNC(=O)C(Cc2c[nH]cn2)NC(=O)C(Cc2cccc3ccccc23)NC1=O. The van der Waals surface area contributed by atoms with Gasteiger partial charge in [0, 0.05) is 88.7 Å². The maximum atomic E-state index is 15.1. The number of aryl methyl sites for hydroxylation is 1. The van der Waals surface area contributed by atoms with Crippen molar-refractivity contribution >= 4 is 117 Å². The molecule has 1 aliphatic heterocycles. The number of carbonyl (C=O) groups excluding carboxylic acids is 14. The third-order valence-electron chi connectivity index (χ3n) is 19.2. The summed E-state index contributed by atoms with van der Waals surface area (Å²) in [5.74, 6) is -15.8. The van der Waals surface area contributed by atoms with Gasteiger partial charge in [0.05, 0.1) is 55.8 Å². The Morgan fingerprint density at radius 1 is 0.512 bits per heavy atom. The topological polar surface area (TPSA) is 661 Å². The van der Waals surface area contributed by atoms with Crippen LogP contribution < -0.4 is 97.0 Å². The number of carbonyl (C=O) groups is 14. The molecule has 0 bridgehead atoms. The van der Waals surface area contributed by atoms with E-state index in [1.54, 1.807) is 74.6 Å². The number of hydrogen-bond acceptors (Lipinski definition) is 22. The van der Waals surface area contributed by atoms with Gasteiger partial charge in [0.25, 0.3) is 0 Å². The minimum Gasteiger partial charge on any atom is -0.508 e. The maximum Gasteiger partial charge on any atom is 0.245 e. The van der Waals surface area contributed by atoms with Crippen LogP contribution in [0, 0.1) is 10.8 Å². The molecule has 4 aromatic carbocycles. The number of imidazole rings is 3. The molecule has 0 saturated carbocycles. The number of aromatic amines is 2. The lowest BCUT2D eigenvalue weighted by Crippen LogP contribution is -2.61. The zero-order chi connectivity index (χ0) is 87.5. The van der Waals surface area contributed by atoms with E-state index >= 15 is 19.2 Å². The van der Waals surface area contributed by atoms with Crippen molar-refractivity contribution in [2.24, 2.45) is 24.2 Å². The highest BCUT2D eigenvalue weighted by atomic mass is 32.2. The van der Waals surface area contributed by atoms with Crippen LogP contribution in [0.5, 0.6) is 5.75 Å². The molecule has 11 atom stereocenters. The first kappa shape index (κ1) is 92.5. The smallest absolute Gasteiger partial charge is 0.245 e. The van der Waals surface area contributed by atoms with E-state index in [0.29, 0.717) is 27.8 Å². The molecule has 0 spiro atoms. The van der Waals surface area contributed by atoms with Gasteiger partial charge in [-0.1, -0.05) is 91.9 Å². The second-order valence-corrected chi connectivity index (χ2v) is 29.4. The first-order chi connectivity index (χ1) is 58.0. The number of aromatic nitrogens is 6. The Bertz CT molecular complexity index is 4740. The largest absolute Gasteiger partial charge is 0.508 e. The number of guanidine groups is 2. The fourth-order valence-corrected chi connectivity index (χ4v) is 13.7. The Hall–Kier alpha value is -14.0. The van der Waals surface area contributed by atoms with Crippen molar-refractivity contribution in [2.45, 2.75) is 144 Å². The molecule has 1 fully saturated rings. The predicted molar refractivity (Wildman–Crippen MR) is 441 cm³/mol. The minimum atomic E-state index is -1.85. The molecule has 7 aromatic rings. The van der Waals surface area contributed by atoms with Gasteiger partial charge in [0.1, 0.15) is 72.2 Å². The molecule has 1 saturated heterocycles. The van der Waals surface area contributed by atoms with Crippen LogP contribution in [0.2, 0.25) is 0 Å². The molecule has 646 valence electrons. The van der Waals surface area contributed by atoms with E-state index in [1.165, 1.54) is 66.4 Å². The molecule has 11 unspecified atom stereocenters. The molecule has 3 aromatic heterocycles. The summed E-state index contributed by atoms with van der Waals surface area (Å²) in [6.07, 6.45) is 5.84. The van der Waals surface area contributed by atoms with E-state index in [1.807, 2.05) is 12.1 Å². The summed E-state index contributed by atoms with van der Waals surface area (Å²) >= 11 is 0.795. The normalized spacial score (nSPS) is 21.7. The minimum absolute atomic E-state index is 0.00411. The number of hydrogen-bond donors (Lipinski definition) is 24. The van der Waals surface area contributed by atoms with Crippen molar-refractivity contribution in [3.8, 4) is 5.75 Å². The number of H-pyrrole nitrogens is 2. The lowest BCUT2D eigenvalue weighted by molar-refractivity contribution is -0.136. The Kier molecular flexibility index (Phi) is 35.8. The van der Waals surface area contributed by atoms with Crippen LogP contribution in [0.3, 0.4) is 0 Å². The maximum absolute atomic E-state index is 15.1. The van der Waals surface area contributed by atoms with Crippen molar-refractivity contribution in [2.75, 3.05) is 44.3 Å². The average Bonchev–Trinajstić information content (AvgIpc) is 1.54. The van der Waals surface area contributed by atoms with Crippen molar-refractivity contribution < 1.29 is 77.3 Å². The molecular formula is C78H102N26O16S. The van der Waals surface area contributed by atoms with E-state index in [2.05, 4.69) is 105 Å². The number of aliphatic hydroxyl groups is 1. The summed E-state index contributed by atoms with van der Waals surface area (Å²) in [6.45, 7) is -1.22. The number of phenols is 1. The van der Waals surface area contributed by atoms with E-state index in [0.717, 1.165) is 17.1 Å². The molecule has 0 aliphatic carbocycles. The van der Waals surface area contributed by atoms with Crippen molar-refractivity contribution in [3.63, 3.8) is 0 Å². The number of phenolic OH excluding ortho intramolecular Hbond substituents is 1. The highest BCUT2D eigenvalue weighted by molar-refractivity contribution is 8.00. The second-order valence-electron chi connectivity index (χ2n) is 28.4. The summed E-state index contributed by atoms with van der Waals surface area (Å²) in [6, 6.07) is 8.85. The van der Waals surface area contributed by atoms with Gasteiger partial charge < -0.3 is 122 Å². The van der Waals surface area contributed by atoms with Gasteiger partial charge in [0.15, 0.2) is 11.9 Å². The second kappa shape index (κ2) is 46.8. The quantitative estimate of drug-likeness (QED) is 0.0144. The number of primary amides is 1. The van der Waals surface area contributed by atoms with Crippen LogP contribution in [-0.4, -0.2) is 245 Å². The number of aromatic hydroxyl groups is 1. The number of fused-ring (bicyclic) bond motifs is 1. The van der Waals surface area contributed by atoms with E-state index < -0.39 is 199 Å². The molecule has 121 heavy (non-hydrogen) atoms. The lowest BCUT2D eigenvalue weighted by Gasteiger charge is -2.28. The average molecular weight is 1690 g/mol. The fourth-order valence-electron chi connectivity index (χ4n) is 12.8. The van der Waals surface area contributed by atoms with E-state index in [9.17, 15) is 58.2 Å². The Morgan fingerprint density at radius 3 is 1.50 bits per heavy atom. The Labute approximate surface area is 698 Å². The summed E-state index contributed by atoms with van der Waals surface area (Å²) in [7, 11) is 1.59. The van der Waals surface area contributed by atoms with Crippen LogP contribution in [0.4, 0.5) is 0 Å². The standard InChI is InChI=1S/C78H102N26O16S/c1-3-52-68(112)99-57(28-46-16-9-15-45-14-7-8-17-51(45)46)73(117)100-58(29-47-32-84-40-91-47)66(110)90-36-64(108)94-61(37-105)76(120)97-54(19-11-25-88-78(82)83)69(113)98-56(27-44-20-22-50(106)23-21-44)72(116)101-59(30-48-33-85-41-92-48)74(118)96-53(18-10-24-87-77(80)81)70(114)102-60(31-49-34-86-42-104(49)2)75(119)103-62(67(111)89-35-63(79)107)38-121-39-65(109)93-55(71(115)95-52)26-43-12-5-4-6-13-43/h4-9,12-17,20-23,32-34,40-42,52-62,105-106H,3,10-11,18-19,24-31,35-39H2,1-2H3,(H2,79,107)(H,84,91)(H,85,92)(H,89,111)(H,90,110)(H,93,109)(H,94,108)(H,95,115)(H,96,118)(H,97,120)(H,98,113)(H,99,112)(H,100,117)(H,101,116)(H,102,114)(H,103,119)(H4,80,81,87)(H4,82,83,88). The van der Waals surface area contributed by atoms with Crippen LogP contribution in [-0.2, 0) is 113 Å². The van der Waals surface area contributed by atoms with Gasteiger partial charge in [0.2, 0.25) is 82.7 Å². The highest BCUT2D eigenvalue weighted by Crippen LogP contribution is 2.22. The molecule has 14 amide bonds. The summed E-state index contributed by atoms with van der Waals surface area (Å²) in [5.41, 5.74) is 18.9. The lowest BCUT2D eigenvalue weighted by atomic mass is 9.97. The number of nitrogens with two attached hydrogens (primary N) is 3. The van der Waals surface area contributed by atoms with Gasteiger partial charge in [-0.3, -0.25) is 77.9 Å². The third-order valence-corrected chi connectivity index (χ3v) is 20.2. The van der Waals surface area contributed by atoms with Crippen LogP contribution in [0.1, 0.15) is 72.8 Å². The zero-order valence-corrected chi connectivity index (χ0v) is 67.1. The summed E-state index contributed by atoms with van der Waals surface area (Å²) < 4.78 is 1.53. The number of thioether (sulfide) groups is 1. The van der Waals surface area contributed by atoms with Gasteiger partial charge in [-0.2, -0.15) is 0 Å². The molecule has 4 heterocycles. The van der Waals surface area contributed by atoms with Gasteiger partial charge in [-0.05, 0) is 71.7 Å². The zero-order valence-electron chi connectivity index (χ0n) is 66.3. The Morgan fingerprint density at radius 2 is 0.975 bits per heavy atom. The first-order valence-corrected chi connectivity index (χ1v) is 39.9. The molecule has 42 nitrogen and oxygen atoms in total. The van der Waals surface area contributed by atoms with Gasteiger partial charge in [-0.15, -0.1) is 11.8 Å². The summed E-state index contributed by atoms with van der Waals surface area (Å²) in [5, 5.41) is 76.9. The number of aliphatic hydroxyl groups excluding tert-OH is 1. The summed E-state index contributed by atoms with van der Waals surface area (Å²) in [4.78, 5) is 221. The van der Waals surface area contributed by atoms with Crippen LogP contribution in [0.25, 0.3) is 10.8 Å². The van der Waals surface area contributed by atoms with Crippen molar-refractivity contribution in [3.05, 3.63) is 168 Å². The first-order valence-electron chi connectivity index (χ1n) is 38.7. The highest BCUT2D eigenvalue weighted by Gasteiger charge is 2.38. The number of amides is 14. The van der Waals surface area contributed by atoms with Crippen LogP contribution in [0.15, 0.2) is 135 Å². The molecule has 8 rings (SSSR count). The molecule has 43 heteroatoms. The van der Waals surface area contributed by atoms with Crippen molar-refractivity contribution in [1.82, 2.24) is 109 Å². The molecule has 27 N–H and O–H groups in total. The number of benzene rings is 4. The fraction of sp³-hybridized carbons (Fsp3) is 0.397. The third kappa shape index (κ3) is 30.2. The van der Waals surface area contributed by atoms with Crippen LogP contribution >= 0.6 is 11.8 Å². The number of nitrogens with zero attached hydrogens (tertiary/aromatic N) is 4. The van der Waals surface area contributed by atoms with Crippen molar-refractivity contribution in [1.29, 1.82) is 10.8 Å². The van der Waals surface area contributed by atoms with E-state index in [4.69, 9.17) is 28.0 Å². The monoisotopic (exact) mass is 1690 g/mol. The predicted octanol–water partition coefficient (Wildman–Crippen LogP) is -5.79. The molecular weight excluding hydrogens is 1590 g/mol. The van der Waals surface area contributed by atoms with Gasteiger partial charge >= 0.3 is 0 Å².